The highest BCUT2D eigenvalue weighted by atomic mass is 32.2. The van der Waals surface area contributed by atoms with E-state index in [0.717, 1.165) is 13.1 Å². The van der Waals surface area contributed by atoms with E-state index < -0.39 is 5.97 Å². The third kappa shape index (κ3) is 2.48. The van der Waals surface area contributed by atoms with Gasteiger partial charge in [0.2, 0.25) is 0 Å². The molecule has 0 spiro atoms. The van der Waals surface area contributed by atoms with Crippen molar-refractivity contribution in [3.05, 3.63) is 0 Å². The van der Waals surface area contributed by atoms with Gasteiger partial charge in [-0.1, -0.05) is 6.92 Å². The summed E-state index contributed by atoms with van der Waals surface area (Å²) in [6, 6.07) is 0.635. The molecule has 2 aliphatic heterocycles. The molecule has 2 rings (SSSR count). The summed E-state index contributed by atoms with van der Waals surface area (Å²) >= 11 is 2.01. The van der Waals surface area contributed by atoms with Crippen LogP contribution in [0.5, 0.6) is 0 Å². The van der Waals surface area contributed by atoms with Crippen LogP contribution >= 0.6 is 11.8 Å². The summed E-state index contributed by atoms with van der Waals surface area (Å²) < 4.78 is 0. The summed E-state index contributed by atoms with van der Waals surface area (Å²) in [6.45, 7) is 3.80. The van der Waals surface area contributed by atoms with Gasteiger partial charge in [-0.25, -0.2) is 0 Å². The number of carboxylic acid groups (broad SMARTS) is 1. The van der Waals surface area contributed by atoms with E-state index in [4.69, 9.17) is 5.11 Å². The van der Waals surface area contributed by atoms with Gasteiger partial charge in [0, 0.05) is 24.9 Å². The molecule has 1 N–H and O–H groups in total. The molecule has 0 saturated carbocycles. The van der Waals surface area contributed by atoms with Gasteiger partial charge < -0.3 is 5.11 Å². The fraction of sp³-hybridized carbons (Fsp3) is 0.909. The third-order valence-corrected chi connectivity index (χ3v) is 4.81. The van der Waals surface area contributed by atoms with Crippen molar-refractivity contribution in [3.63, 3.8) is 0 Å². The predicted molar refractivity (Wildman–Crippen MR) is 62.2 cm³/mol. The molecule has 0 bridgehead atoms. The van der Waals surface area contributed by atoms with Gasteiger partial charge in [0.25, 0.3) is 0 Å². The van der Waals surface area contributed by atoms with Crippen LogP contribution in [0, 0.1) is 11.8 Å². The molecule has 2 heterocycles. The molecule has 3 atom stereocenters. The van der Waals surface area contributed by atoms with Gasteiger partial charge in [0.1, 0.15) is 0 Å². The summed E-state index contributed by atoms with van der Waals surface area (Å²) in [5, 5.41) is 9.07. The summed E-state index contributed by atoms with van der Waals surface area (Å²) in [6.07, 6.45) is 2.55. The van der Waals surface area contributed by atoms with Gasteiger partial charge in [0.15, 0.2) is 0 Å². The van der Waals surface area contributed by atoms with E-state index in [1.165, 1.54) is 24.3 Å². The van der Waals surface area contributed by atoms with Crippen molar-refractivity contribution in [1.29, 1.82) is 0 Å². The molecular weight excluding hydrogens is 210 g/mol. The van der Waals surface area contributed by atoms with E-state index in [1.54, 1.807) is 0 Å². The first kappa shape index (κ1) is 11.3. The molecule has 2 fully saturated rings. The lowest BCUT2D eigenvalue weighted by Gasteiger charge is -2.30. The molecule has 2 saturated heterocycles. The zero-order valence-electron chi connectivity index (χ0n) is 9.19. The van der Waals surface area contributed by atoms with Gasteiger partial charge in [-0.3, -0.25) is 9.69 Å². The van der Waals surface area contributed by atoms with Crippen LogP contribution in [0.15, 0.2) is 0 Å². The number of carboxylic acids is 1. The first-order chi connectivity index (χ1) is 7.18. The standard InChI is InChI=1S/C11H19NO2S/c1-8-5-12(6-10(8)11(13)14)9-3-2-4-15-7-9/h8-10H,2-7H2,1H3,(H,13,14)/t8-,9?,10-/m1/s1. The number of hydrogen-bond donors (Lipinski definition) is 1. The lowest BCUT2D eigenvalue weighted by molar-refractivity contribution is -0.142. The molecule has 3 nitrogen and oxygen atoms in total. The van der Waals surface area contributed by atoms with E-state index in [2.05, 4.69) is 11.8 Å². The molecule has 15 heavy (non-hydrogen) atoms. The molecule has 0 amide bonds. The zero-order chi connectivity index (χ0) is 10.8. The lowest BCUT2D eigenvalue weighted by atomic mass is 9.99. The summed E-state index contributed by atoms with van der Waals surface area (Å²) in [7, 11) is 0. The van der Waals surface area contributed by atoms with Gasteiger partial charge in [-0.05, 0) is 24.5 Å². The Kier molecular flexibility index (Phi) is 3.57. The van der Waals surface area contributed by atoms with Crippen molar-refractivity contribution >= 4 is 17.7 Å². The Morgan fingerprint density at radius 1 is 1.47 bits per heavy atom. The lowest BCUT2D eigenvalue weighted by Crippen LogP contribution is -2.37. The summed E-state index contributed by atoms with van der Waals surface area (Å²) in [4.78, 5) is 13.4. The summed E-state index contributed by atoms with van der Waals surface area (Å²) in [5.41, 5.74) is 0. The molecule has 4 heteroatoms. The van der Waals surface area contributed by atoms with Crippen LogP contribution in [0.1, 0.15) is 19.8 Å². The van der Waals surface area contributed by atoms with Crippen LogP contribution in [0.2, 0.25) is 0 Å². The largest absolute Gasteiger partial charge is 0.481 e. The fourth-order valence-electron chi connectivity index (χ4n) is 2.64. The molecule has 0 aliphatic carbocycles. The molecule has 1 unspecified atom stereocenters. The maximum absolute atomic E-state index is 11.0. The highest BCUT2D eigenvalue weighted by Crippen LogP contribution is 2.29. The number of hydrogen-bond acceptors (Lipinski definition) is 3. The van der Waals surface area contributed by atoms with E-state index in [1.807, 2.05) is 11.8 Å². The Labute approximate surface area is 95.2 Å². The average molecular weight is 229 g/mol. The molecule has 86 valence electrons. The number of aliphatic carboxylic acids is 1. The van der Waals surface area contributed by atoms with Crippen molar-refractivity contribution in [3.8, 4) is 0 Å². The zero-order valence-corrected chi connectivity index (χ0v) is 10.0. The second-order valence-corrected chi connectivity index (χ2v) is 5.90. The van der Waals surface area contributed by atoms with Crippen LogP contribution in [-0.4, -0.2) is 46.6 Å². The van der Waals surface area contributed by atoms with Crippen LogP contribution in [0.4, 0.5) is 0 Å². The topological polar surface area (TPSA) is 40.5 Å². The monoisotopic (exact) mass is 229 g/mol. The van der Waals surface area contributed by atoms with E-state index >= 15 is 0 Å². The highest BCUT2D eigenvalue weighted by molar-refractivity contribution is 7.99. The molecule has 2 aliphatic rings. The van der Waals surface area contributed by atoms with Crippen molar-refractivity contribution in [1.82, 2.24) is 4.90 Å². The second-order valence-electron chi connectivity index (χ2n) is 4.75. The molecular formula is C11H19NO2S. The Morgan fingerprint density at radius 3 is 2.80 bits per heavy atom. The number of likely N-dealkylation sites (tertiary alicyclic amines) is 1. The number of rotatable bonds is 2. The Bertz CT molecular complexity index is 241. The minimum absolute atomic E-state index is 0.142. The van der Waals surface area contributed by atoms with Gasteiger partial charge in [0.05, 0.1) is 5.92 Å². The van der Waals surface area contributed by atoms with Crippen molar-refractivity contribution in [2.45, 2.75) is 25.8 Å². The van der Waals surface area contributed by atoms with E-state index in [0.29, 0.717) is 12.0 Å². The first-order valence-electron chi connectivity index (χ1n) is 5.73. The highest BCUT2D eigenvalue weighted by Gasteiger charge is 2.37. The Hall–Kier alpha value is -0.220. The molecule has 0 radical (unpaired) electrons. The Morgan fingerprint density at radius 2 is 2.27 bits per heavy atom. The Balaban J connectivity index is 1.92. The van der Waals surface area contributed by atoms with Crippen molar-refractivity contribution in [2.24, 2.45) is 11.8 Å². The smallest absolute Gasteiger partial charge is 0.308 e. The SMILES string of the molecule is C[C@@H]1CN(C2CCCSC2)C[C@H]1C(=O)O. The maximum Gasteiger partial charge on any atom is 0.308 e. The molecule has 0 aromatic carbocycles. The van der Waals surface area contributed by atoms with E-state index in [-0.39, 0.29) is 5.92 Å². The van der Waals surface area contributed by atoms with Crippen LogP contribution < -0.4 is 0 Å². The third-order valence-electron chi connectivity index (χ3n) is 3.61. The molecule has 0 aromatic rings. The average Bonchev–Trinajstić information content (AvgIpc) is 2.62. The normalized spacial score (nSPS) is 38.1. The second kappa shape index (κ2) is 4.74. The van der Waals surface area contributed by atoms with Crippen molar-refractivity contribution in [2.75, 3.05) is 24.6 Å². The first-order valence-corrected chi connectivity index (χ1v) is 6.88. The predicted octanol–water partition coefficient (Wildman–Crippen LogP) is 1.53. The van der Waals surface area contributed by atoms with Crippen molar-refractivity contribution < 1.29 is 9.90 Å². The minimum Gasteiger partial charge on any atom is -0.481 e. The quantitative estimate of drug-likeness (QED) is 0.779. The van der Waals surface area contributed by atoms with Gasteiger partial charge in [-0.2, -0.15) is 11.8 Å². The van der Waals surface area contributed by atoms with E-state index in [9.17, 15) is 4.79 Å². The summed E-state index contributed by atoms with van der Waals surface area (Å²) in [5.74, 6) is 2.03. The van der Waals surface area contributed by atoms with Gasteiger partial charge >= 0.3 is 5.97 Å². The van der Waals surface area contributed by atoms with Crippen LogP contribution in [0.3, 0.4) is 0 Å². The van der Waals surface area contributed by atoms with Crippen LogP contribution in [0.25, 0.3) is 0 Å². The van der Waals surface area contributed by atoms with Gasteiger partial charge in [-0.15, -0.1) is 0 Å². The minimum atomic E-state index is -0.617. The molecule has 0 aromatic heterocycles. The number of nitrogens with zero attached hydrogens (tertiary/aromatic N) is 1. The maximum atomic E-state index is 11.0. The fourth-order valence-corrected chi connectivity index (χ4v) is 3.82. The number of thioether (sulfide) groups is 1. The van der Waals surface area contributed by atoms with Crippen LogP contribution in [-0.2, 0) is 4.79 Å². The number of carbonyl (C=O) groups is 1.